The maximum Gasteiger partial charge on any atom is 0.343 e. The Morgan fingerprint density at radius 3 is 2.33 bits per heavy atom. The lowest BCUT2D eigenvalue weighted by Gasteiger charge is -2.24. The smallest absolute Gasteiger partial charge is 0.343 e. The van der Waals surface area contributed by atoms with E-state index in [0.29, 0.717) is 22.8 Å². The Morgan fingerprint density at radius 2 is 1.67 bits per heavy atom. The molecule has 39 heavy (non-hydrogen) atoms. The summed E-state index contributed by atoms with van der Waals surface area (Å²) in [5.41, 5.74) is 4.00. The minimum atomic E-state index is -4.14. The standard InChI is InChI=1S/C27H29N3O8S/c1-19-8-11-23(12-9-19)39(33,34)30(21-10-13-24(35-2)25(15-21)36-3)17-26(31)29-28-16-20-6-5-7-22(14-20)38-18-27(32)37-4/h5-16H,17-18H2,1-4H3,(H,29,31)/b28-16+. The summed E-state index contributed by atoms with van der Waals surface area (Å²) in [6.45, 7) is 1.02. The van der Waals surface area contributed by atoms with Crippen LogP contribution >= 0.6 is 0 Å². The molecule has 0 fully saturated rings. The summed E-state index contributed by atoms with van der Waals surface area (Å²) in [6.07, 6.45) is 1.36. The van der Waals surface area contributed by atoms with Gasteiger partial charge in [-0.1, -0.05) is 29.8 Å². The molecule has 0 atom stereocenters. The summed E-state index contributed by atoms with van der Waals surface area (Å²) in [5.74, 6) is -0.108. The molecule has 1 N–H and O–H groups in total. The van der Waals surface area contributed by atoms with E-state index < -0.39 is 28.4 Å². The Labute approximate surface area is 227 Å². The second-order valence-electron chi connectivity index (χ2n) is 8.09. The molecule has 3 aromatic rings. The third kappa shape index (κ3) is 7.71. The van der Waals surface area contributed by atoms with Crippen molar-refractivity contribution in [2.24, 2.45) is 5.10 Å². The maximum atomic E-state index is 13.6. The van der Waals surface area contributed by atoms with Crippen LogP contribution in [0.2, 0.25) is 0 Å². The molecular weight excluding hydrogens is 526 g/mol. The van der Waals surface area contributed by atoms with Gasteiger partial charge in [0, 0.05) is 6.07 Å². The van der Waals surface area contributed by atoms with E-state index >= 15 is 0 Å². The average Bonchev–Trinajstić information content (AvgIpc) is 2.94. The number of hydrogen-bond acceptors (Lipinski definition) is 9. The van der Waals surface area contributed by atoms with Crippen LogP contribution in [0.15, 0.2) is 76.7 Å². The number of hydrazone groups is 1. The van der Waals surface area contributed by atoms with E-state index in [9.17, 15) is 18.0 Å². The van der Waals surface area contributed by atoms with Gasteiger partial charge in [-0.15, -0.1) is 0 Å². The Kier molecular flexibility index (Phi) is 9.87. The van der Waals surface area contributed by atoms with Crippen molar-refractivity contribution in [2.75, 3.05) is 38.8 Å². The predicted molar refractivity (Wildman–Crippen MR) is 145 cm³/mol. The molecule has 0 bridgehead atoms. The molecule has 0 aliphatic carbocycles. The highest BCUT2D eigenvalue weighted by Crippen LogP contribution is 2.33. The first-order valence-corrected chi connectivity index (χ1v) is 13.0. The number of hydrogen-bond donors (Lipinski definition) is 1. The molecule has 0 saturated heterocycles. The number of ether oxygens (including phenoxy) is 4. The number of esters is 1. The van der Waals surface area contributed by atoms with Crippen LogP contribution in [-0.2, 0) is 24.3 Å². The molecule has 0 aliphatic heterocycles. The summed E-state index contributed by atoms with van der Waals surface area (Å²) < 4.78 is 48.6. The van der Waals surface area contributed by atoms with Crippen molar-refractivity contribution < 1.29 is 37.0 Å². The first-order valence-electron chi connectivity index (χ1n) is 11.6. The van der Waals surface area contributed by atoms with E-state index in [1.54, 1.807) is 42.5 Å². The third-order valence-corrected chi connectivity index (χ3v) is 7.18. The van der Waals surface area contributed by atoms with Gasteiger partial charge in [0.2, 0.25) is 0 Å². The van der Waals surface area contributed by atoms with Gasteiger partial charge in [-0.05, 0) is 48.9 Å². The van der Waals surface area contributed by atoms with Crippen molar-refractivity contribution >= 4 is 33.8 Å². The Bertz CT molecular complexity index is 1440. The number of amides is 1. The topological polar surface area (TPSA) is 133 Å². The number of rotatable bonds is 12. The molecule has 3 aromatic carbocycles. The van der Waals surface area contributed by atoms with Gasteiger partial charge >= 0.3 is 5.97 Å². The van der Waals surface area contributed by atoms with Crippen LogP contribution < -0.4 is 23.9 Å². The molecule has 206 valence electrons. The van der Waals surface area contributed by atoms with E-state index in [4.69, 9.17) is 14.2 Å². The van der Waals surface area contributed by atoms with Crippen molar-refractivity contribution in [1.82, 2.24) is 5.43 Å². The fourth-order valence-electron chi connectivity index (χ4n) is 3.36. The highest BCUT2D eigenvalue weighted by atomic mass is 32.2. The zero-order valence-corrected chi connectivity index (χ0v) is 22.7. The van der Waals surface area contributed by atoms with Gasteiger partial charge in [-0.2, -0.15) is 5.10 Å². The minimum absolute atomic E-state index is 0.0166. The Hall–Kier alpha value is -4.58. The molecule has 11 nitrogen and oxygen atoms in total. The van der Waals surface area contributed by atoms with Crippen LogP contribution in [0.4, 0.5) is 5.69 Å². The molecule has 0 unspecified atom stereocenters. The van der Waals surface area contributed by atoms with E-state index in [-0.39, 0.29) is 17.2 Å². The molecule has 0 aromatic heterocycles. The average molecular weight is 556 g/mol. The lowest BCUT2D eigenvalue weighted by Crippen LogP contribution is -2.39. The molecule has 0 radical (unpaired) electrons. The monoisotopic (exact) mass is 555 g/mol. The van der Waals surface area contributed by atoms with Crippen LogP contribution in [0.5, 0.6) is 17.2 Å². The first kappa shape index (κ1) is 29.0. The lowest BCUT2D eigenvalue weighted by atomic mass is 10.2. The van der Waals surface area contributed by atoms with E-state index in [1.165, 1.54) is 51.8 Å². The molecule has 0 aliphatic rings. The quantitative estimate of drug-likeness (QED) is 0.205. The number of aryl methyl sites for hydroxylation is 1. The zero-order chi connectivity index (χ0) is 28.4. The Balaban J connectivity index is 1.81. The SMILES string of the molecule is COC(=O)COc1cccc(/C=N/NC(=O)CN(c2ccc(OC)c(OC)c2)S(=O)(=O)c2ccc(C)cc2)c1. The van der Waals surface area contributed by atoms with Crippen LogP contribution in [0.3, 0.4) is 0 Å². The summed E-state index contributed by atoms with van der Waals surface area (Å²) in [7, 11) is 0.0117. The van der Waals surface area contributed by atoms with Gasteiger partial charge in [0.25, 0.3) is 15.9 Å². The van der Waals surface area contributed by atoms with E-state index in [2.05, 4.69) is 15.3 Å². The molecule has 3 rings (SSSR count). The number of carbonyl (C=O) groups excluding carboxylic acids is 2. The van der Waals surface area contributed by atoms with Crippen molar-refractivity contribution in [1.29, 1.82) is 0 Å². The van der Waals surface area contributed by atoms with Gasteiger partial charge in [-0.3, -0.25) is 9.10 Å². The van der Waals surface area contributed by atoms with Crippen LogP contribution in [-0.4, -0.2) is 61.0 Å². The van der Waals surface area contributed by atoms with Gasteiger partial charge in [0.15, 0.2) is 18.1 Å². The second-order valence-corrected chi connectivity index (χ2v) is 9.96. The van der Waals surface area contributed by atoms with Gasteiger partial charge < -0.3 is 18.9 Å². The van der Waals surface area contributed by atoms with Crippen molar-refractivity contribution in [3.8, 4) is 17.2 Å². The fourth-order valence-corrected chi connectivity index (χ4v) is 4.78. The van der Waals surface area contributed by atoms with Crippen LogP contribution in [0.25, 0.3) is 0 Å². The maximum absolute atomic E-state index is 13.6. The van der Waals surface area contributed by atoms with Crippen molar-refractivity contribution in [2.45, 2.75) is 11.8 Å². The largest absolute Gasteiger partial charge is 0.493 e. The number of sulfonamides is 1. The van der Waals surface area contributed by atoms with Crippen molar-refractivity contribution in [3.63, 3.8) is 0 Å². The molecule has 12 heteroatoms. The number of carbonyl (C=O) groups is 2. The van der Waals surface area contributed by atoms with E-state index in [1.807, 2.05) is 6.92 Å². The lowest BCUT2D eigenvalue weighted by molar-refractivity contribution is -0.142. The third-order valence-electron chi connectivity index (χ3n) is 5.40. The summed E-state index contributed by atoms with van der Waals surface area (Å²) in [4.78, 5) is 24.1. The molecule has 1 amide bonds. The van der Waals surface area contributed by atoms with Crippen molar-refractivity contribution in [3.05, 3.63) is 77.9 Å². The summed E-state index contributed by atoms with van der Waals surface area (Å²) in [5, 5.41) is 3.93. The van der Waals surface area contributed by atoms with Gasteiger partial charge in [-0.25, -0.2) is 18.6 Å². The highest BCUT2D eigenvalue weighted by Gasteiger charge is 2.28. The number of nitrogens with zero attached hydrogens (tertiary/aromatic N) is 2. The normalized spacial score (nSPS) is 11.1. The minimum Gasteiger partial charge on any atom is -0.493 e. The van der Waals surface area contributed by atoms with Crippen LogP contribution in [0.1, 0.15) is 11.1 Å². The summed E-state index contributed by atoms with van der Waals surface area (Å²) in [6, 6.07) is 17.5. The molecule has 0 saturated carbocycles. The molecule has 0 heterocycles. The Morgan fingerprint density at radius 1 is 0.949 bits per heavy atom. The number of anilines is 1. The molecular formula is C27H29N3O8S. The van der Waals surface area contributed by atoms with Gasteiger partial charge in [0.05, 0.1) is 38.1 Å². The first-order chi connectivity index (χ1) is 18.7. The highest BCUT2D eigenvalue weighted by molar-refractivity contribution is 7.92. The number of methoxy groups -OCH3 is 3. The predicted octanol–water partition coefficient (Wildman–Crippen LogP) is 2.91. The van der Waals surface area contributed by atoms with E-state index in [0.717, 1.165) is 9.87 Å². The van der Waals surface area contributed by atoms with Gasteiger partial charge in [0.1, 0.15) is 12.3 Å². The van der Waals surface area contributed by atoms with Crippen LogP contribution in [0, 0.1) is 6.92 Å². The molecule has 0 spiro atoms. The second kappa shape index (κ2) is 13.3. The number of nitrogens with one attached hydrogen (secondary N) is 1. The fraction of sp³-hybridized carbons (Fsp3) is 0.222. The zero-order valence-electron chi connectivity index (χ0n) is 21.9. The number of benzene rings is 3. The summed E-state index contributed by atoms with van der Waals surface area (Å²) >= 11 is 0.